The van der Waals surface area contributed by atoms with Crippen LogP contribution in [0.3, 0.4) is 0 Å². The van der Waals surface area contributed by atoms with Crippen molar-refractivity contribution in [1.29, 1.82) is 0 Å². The van der Waals surface area contributed by atoms with Crippen molar-refractivity contribution in [2.24, 2.45) is 0 Å². The molecule has 2 aromatic heterocycles. The molecule has 6 heteroatoms. The highest BCUT2D eigenvalue weighted by atomic mass is 16.5. The van der Waals surface area contributed by atoms with E-state index in [9.17, 15) is 5.21 Å². The van der Waals surface area contributed by atoms with Gasteiger partial charge in [0.05, 0.1) is 20.3 Å². The first kappa shape index (κ1) is 14.5. The summed E-state index contributed by atoms with van der Waals surface area (Å²) in [5.41, 5.74) is 4.76. The highest BCUT2D eigenvalue weighted by Gasteiger charge is 2.17. The van der Waals surface area contributed by atoms with E-state index in [1.165, 1.54) is 10.3 Å². The van der Waals surface area contributed by atoms with E-state index in [0.29, 0.717) is 0 Å². The van der Waals surface area contributed by atoms with E-state index in [0.717, 1.165) is 41.6 Å². The minimum absolute atomic E-state index is 0.763. The molecule has 3 rings (SSSR count). The van der Waals surface area contributed by atoms with Crippen LogP contribution in [-0.2, 0) is 0 Å². The Morgan fingerprint density at radius 3 is 2.86 bits per heavy atom. The minimum atomic E-state index is 0.763. The van der Waals surface area contributed by atoms with E-state index in [-0.39, 0.29) is 0 Å². The summed E-state index contributed by atoms with van der Waals surface area (Å²) in [4.78, 5) is 7.48. The Bertz CT molecular complexity index is 821. The van der Waals surface area contributed by atoms with Gasteiger partial charge in [0.15, 0.2) is 0 Å². The van der Waals surface area contributed by atoms with Crippen LogP contribution in [0.1, 0.15) is 12.0 Å². The Labute approximate surface area is 129 Å². The topological polar surface area (TPSA) is 61.5 Å². The number of H-pyrrole nitrogens is 1. The third-order valence-corrected chi connectivity index (χ3v) is 3.86. The number of nitrogens with one attached hydrogen (secondary N) is 1. The SMILES string of the molecule is CN(C)C=[N+]=c1ccc2c([nH]1)c(C1=CCN(C)CC1)cn2O. The molecule has 0 bridgehead atoms. The van der Waals surface area contributed by atoms with E-state index in [1.54, 1.807) is 12.5 Å². The Morgan fingerprint density at radius 2 is 2.18 bits per heavy atom. The maximum Gasteiger partial charge on any atom is 0.313 e. The van der Waals surface area contributed by atoms with Gasteiger partial charge >= 0.3 is 5.49 Å². The Balaban J connectivity index is 2.15. The number of hydrogen-bond donors (Lipinski definition) is 2. The molecule has 0 amide bonds. The molecular weight excluding hydrogens is 278 g/mol. The largest absolute Gasteiger partial charge is 0.428 e. The fraction of sp³-hybridized carbons (Fsp3) is 0.375. The van der Waals surface area contributed by atoms with Crippen LogP contribution in [0.2, 0.25) is 0 Å². The molecule has 6 nitrogen and oxygen atoms in total. The van der Waals surface area contributed by atoms with Gasteiger partial charge in [0.25, 0.3) is 6.34 Å². The van der Waals surface area contributed by atoms with Crippen LogP contribution in [-0.4, -0.2) is 65.3 Å². The van der Waals surface area contributed by atoms with E-state index in [1.807, 2.05) is 31.1 Å². The number of likely N-dealkylation sites (N-methyl/N-ethyl adjacent to an activating group) is 1. The van der Waals surface area contributed by atoms with Crippen molar-refractivity contribution in [1.82, 2.24) is 24.2 Å². The summed E-state index contributed by atoms with van der Waals surface area (Å²) in [6, 6.07) is 3.75. The average Bonchev–Trinajstić information content (AvgIpc) is 2.83. The molecule has 0 atom stereocenters. The van der Waals surface area contributed by atoms with Crippen molar-refractivity contribution in [2.45, 2.75) is 6.42 Å². The van der Waals surface area contributed by atoms with Crippen LogP contribution >= 0.6 is 0 Å². The first-order chi connectivity index (χ1) is 10.5. The molecule has 0 radical (unpaired) electrons. The van der Waals surface area contributed by atoms with Gasteiger partial charge in [-0.2, -0.15) is 4.73 Å². The van der Waals surface area contributed by atoms with Crippen LogP contribution in [0, 0.1) is 0 Å². The summed E-state index contributed by atoms with van der Waals surface area (Å²) >= 11 is 0. The molecule has 116 valence electrons. The molecule has 2 N–H and O–H groups in total. The van der Waals surface area contributed by atoms with Crippen molar-refractivity contribution in [3.05, 3.63) is 35.5 Å². The van der Waals surface area contributed by atoms with Crippen LogP contribution < -0.4 is 10.2 Å². The Morgan fingerprint density at radius 1 is 1.36 bits per heavy atom. The number of pyridine rings is 1. The van der Waals surface area contributed by atoms with Gasteiger partial charge in [-0.25, -0.2) is 4.67 Å². The van der Waals surface area contributed by atoms with Gasteiger partial charge in [0.1, 0.15) is 11.0 Å². The van der Waals surface area contributed by atoms with Crippen molar-refractivity contribution < 1.29 is 5.21 Å². The fourth-order valence-electron chi connectivity index (χ4n) is 2.64. The highest BCUT2D eigenvalue weighted by molar-refractivity contribution is 5.90. The molecule has 0 saturated heterocycles. The van der Waals surface area contributed by atoms with Crippen LogP contribution in [0.4, 0.5) is 0 Å². The van der Waals surface area contributed by atoms with Gasteiger partial charge in [-0.1, -0.05) is 6.08 Å². The van der Waals surface area contributed by atoms with E-state index < -0.39 is 0 Å². The zero-order valence-corrected chi connectivity index (χ0v) is 13.2. The minimum Gasteiger partial charge on any atom is -0.428 e. The smallest absolute Gasteiger partial charge is 0.313 e. The second-order valence-corrected chi connectivity index (χ2v) is 5.94. The van der Waals surface area contributed by atoms with Gasteiger partial charge in [-0.05, 0) is 25.1 Å². The molecule has 0 unspecified atom stereocenters. The zero-order valence-electron chi connectivity index (χ0n) is 13.2. The molecule has 0 spiro atoms. The number of aromatic amines is 1. The summed E-state index contributed by atoms with van der Waals surface area (Å²) in [7, 11) is 5.98. The molecule has 2 aromatic rings. The molecule has 22 heavy (non-hydrogen) atoms. The lowest BCUT2D eigenvalue weighted by Crippen LogP contribution is -2.23. The quantitative estimate of drug-likeness (QED) is 0.367. The van der Waals surface area contributed by atoms with Crippen molar-refractivity contribution in [3.63, 3.8) is 0 Å². The van der Waals surface area contributed by atoms with E-state index >= 15 is 0 Å². The number of nitrogens with zero attached hydrogens (tertiary/aromatic N) is 4. The number of aromatic nitrogens is 2. The zero-order chi connectivity index (χ0) is 15.7. The number of fused-ring (bicyclic) bond motifs is 1. The van der Waals surface area contributed by atoms with E-state index in [4.69, 9.17) is 0 Å². The van der Waals surface area contributed by atoms with Gasteiger partial charge in [-0.15, -0.1) is 0 Å². The second kappa shape index (κ2) is 5.75. The van der Waals surface area contributed by atoms with E-state index in [2.05, 4.69) is 27.7 Å². The predicted molar refractivity (Wildman–Crippen MR) is 88.6 cm³/mol. The molecule has 1 aliphatic rings. The monoisotopic (exact) mass is 300 g/mol. The normalized spacial score (nSPS) is 15.5. The lowest BCUT2D eigenvalue weighted by molar-refractivity contribution is 0.200. The van der Waals surface area contributed by atoms with Gasteiger partial charge in [-0.3, -0.25) is 9.88 Å². The summed E-state index contributed by atoms with van der Waals surface area (Å²) in [6.07, 6.45) is 6.73. The van der Waals surface area contributed by atoms with Gasteiger partial charge < -0.3 is 10.1 Å². The first-order valence-electron chi connectivity index (χ1n) is 7.40. The van der Waals surface area contributed by atoms with Gasteiger partial charge in [0, 0.05) is 24.7 Å². The molecule has 3 heterocycles. The standard InChI is InChI=1S/C16H21N5O/c1-19(2)11-17-15-5-4-14-16(18-15)13(10-21(14)22)12-6-8-20(3)9-7-12/h4-6,10-11,22H,7-9H2,1-3H3/p+1. The van der Waals surface area contributed by atoms with Crippen molar-refractivity contribution in [3.8, 4) is 0 Å². The Kier molecular flexibility index (Phi) is 3.79. The first-order valence-corrected chi connectivity index (χ1v) is 7.40. The summed E-state index contributed by atoms with van der Waals surface area (Å²) in [5.74, 6) is 0. The molecule has 1 aliphatic heterocycles. The third kappa shape index (κ3) is 2.79. The predicted octanol–water partition coefficient (Wildman–Crippen LogP) is 0.483. The number of hydrogen-bond acceptors (Lipinski definition) is 2. The second-order valence-electron chi connectivity index (χ2n) is 5.94. The molecule has 0 aliphatic carbocycles. The van der Waals surface area contributed by atoms with Crippen LogP contribution in [0.25, 0.3) is 16.6 Å². The molecule has 0 aromatic carbocycles. The maximum absolute atomic E-state index is 10.1. The van der Waals surface area contributed by atoms with Crippen LogP contribution in [0.15, 0.2) is 24.4 Å². The summed E-state index contributed by atoms with van der Waals surface area (Å²) < 4.78 is 5.57. The average molecular weight is 300 g/mol. The Hall–Kier alpha value is -2.43. The summed E-state index contributed by atoms with van der Waals surface area (Å²) in [5, 5.41) is 10.1. The summed E-state index contributed by atoms with van der Waals surface area (Å²) in [6.45, 7) is 1.97. The molecule has 0 fully saturated rings. The number of rotatable bonds is 2. The van der Waals surface area contributed by atoms with Crippen molar-refractivity contribution >= 4 is 22.9 Å². The lowest BCUT2D eigenvalue weighted by Gasteiger charge is -2.21. The van der Waals surface area contributed by atoms with Crippen LogP contribution in [0.5, 0.6) is 0 Å². The lowest BCUT2D eigenvalue weighted by atomic mass is 10.0. The molecule has 0 saturated carbocycles. The highest BCUT2D eigenvalue weighted by Crippen LogP contribution is 2.28. The fourth-order valence-corrected chi connectivity index (χ4v) is 2.64. The maximum atomic E-state index is 10.1. The van der Waals surface area contributed by atoms with Crippen molar-refractivity contribution in [2.75, 3.05) is 34.2 Å². The third-order valence-electron chi connectivity index (χ3n) is 3.86. The van der Waals surface area contributed by atoms with Gasteiger partial charge in [0.2, 0.25) is 0 Å². The molecular formula is C16H22N5O+.